The van der Waals surface area contributed by atoms with Gasteiger partial charge in [0, 0.05) is 19.7 Å². The van der Waals surface area contributed by atoms with Crippen LogP contribution in [0.1, 0.15) is 44.7 Å². The summed E-state index contributed by atoms with van der Waals surface area (Å²) in [5.41, 5.74) is 3.47. The smallest absolute Gasteiger partial charge is 0.244 e. The molecule has 0 aliphatic carbocycles. The molecule has 0 aliphatic heterocycles. The molecule has 21 heavy (non-hydrogen) atoms. The van der Waals surface area contributed by atoms with Crippen LogP contribution in [0.4, 0.5) is 0 Å². The van der Waals surface area contributed by atoms with Gasteiger partial charge >= 0.3 is 0 Å². The molecule has 0 atom stereocenters. The predicted octanol–water partition coefficient (Wildman–Crippen LogP) is 3.61. The maximum absolute atomic E-state index is 11.9. The SMILES string of the molecule is COCCNC(=O)/C=C(/c1ccc(C(C)C)cc1)C(C)C. The Morgan fingerprint density at radius 3 is 2.29 bits per heavy atom. The zero-order valence-electron chi connectivity index (χ0n) is 13.8. The maximum Gasteiger partial charge on any atom is 0.244 e. The summed E-state index contributed by atoms with van der Waals surface area (Å²) in [7, 11) is 1.62. The molecule has 0 bridgehead atoms. The van der Waals surface area contributed by atoms with Crippen molar-refractivity contribution in [2.45, 2.75) is 33.6 Å². The molecule has 0 spiro atoms. The molecule has 1 aromatic rings. The minimum absolute atomic E-state index is 0.0660. The number of ether oxygens (including phenoxy) is 1. The van der Waals surface area contributed by atoms with Crippen molar-refractivity contribution < 1.29 is 9.53 Å². The zero-order chi connectivity index (χ0) is 15.8. The fourth-order valence-corrected chi connectivity index (χ4v) is 2.11. The number of rotatable bonds is 7. The largest absolute Gasteiger partial charge is 0.383 e. The highest BCUT2D eigenvalue weighted by atomic mass is 16.5. The van der Waals surface area contributed by atoms with Crippen LogP contribution < -0.4 is 5.32 Å². The highest BCUT2D eigenvalue weighted by Crippen LogP contribution is 2.25. The van der Waals surface area contributed by atoms with Gasteiger partial charge in [0.15, 0.2) is 0 Å². The molecule has 1 rings (SSSR count). The number of hydrogen-bond acceptors (Lipinski definition) is 2. The normalized spacial score (nSPS) is 12.0. The molecule has 3 heteroatoms. The van der Waals surface area contributed by atoms with E-state index in [-0.39, 0.29) is 5.91 Å². The number of methoxy groups -OCH3 is 1. The summed E-state index contributed by atoms with van der Waals surface area (Å²) in [4.78, 5) is 11.9. The van der Waals surface area contributed by atoms with Gasteiger partial charge in [0.05, 0.1) is 6.61 Å². The first kappa shape index (κ1) is 17.4. The van der Waals surface area contributed by atoms with Crippen LogP contribution in [0, 0.1) is 5.92 Å². The van der Waals surface area contributed by atoms with E-state index in [4.69, 9.17) is 4.74 Å². The van der Waals surface area contributed by atoms with Crippen LogP contribution in [0.5, 0.6) is 0 Å². The molecule has 1 aromatic carbocycles. The summed E-state index contributed by atoms with van der Waals surface area (Å²) >= 11 is 0. The Balaban J connectivity index is 2.88. The molecule has 116 valence electrons. The van der Waals surface area contributed by atoms with Crippen LogP contribution in [-0.2, 0) is 9.53 Å². The average molecular weight is 289 g/mol. The van der Waals surface area contributed by atoms with E-state index >= 15 is 0 Å². The van der Waals surface area contributed by atoms with Crippen LogP contribution in [0.3, 0.4) is 0 Å². The van der Waals surface area contributed by atoms with E-state index in [0.29, 0.717) is 25.0 Å². The van der Waals surface area contributed by atoms with Gasteiger partial charge in [-0.2, -0.15) is 0 Å². The number of carbonyl (C=O) groups is 1. The summed E-state index contributed by atoms with van der Waals surface area (Å²) in [6.07, 6.45) is 1.70. The number of amides is 1. The lowest BCUT2D eigenvalue weighted by molar-refractivity contribution is -0.116. The molecule has 0 aliphatic rings. The lowest BCUT2D eigenvalue weighted by Gasteiger charge is -2.14. The lowest BCUT2D eigenvalue weighted by atomic mass is 9.92. The molecule has 1 N–H and O–H groups in total. The van der Waals surface area contributed by atoms with Gasteiger partial charge in [0.1, 0.15) is 0 Å². The predicted molar refractivity (Wildman–Crippen MR) is 88.2 cm³/mol. The molecule has 0 saturated carbocycles. The molecule has 0 fully saturated rings. The fourth-order valence-electron chi connectivity index (χ4n) is 2.11. The molecule has 0 aromatic heterocycles. The number of allylic oxidation sites excluding steroid dienone is 1. The summed E-state index contributed by atoms with van der Waals surface area (Å²) in [6.45, 7) is 9.62. The third-order valence-corrected chi connectivity index (χ3v) is 3.42. The van der Waals surface area contributed by atoms with Crippen molar-refractivity contribution in [1.29, 1.82) is 0 Å². The summed E-state index contributed by atoms with van der Waals surface area (Å²) < 4.78 is 4.93. The standard InChI is InChI=1S/C18H27NO2/c1-13(2)15-6-8-16(9-7-15)17(14(3)4)12-18(20)19-10-11-21-5/h6-9,12-14H,10-11H2,1-5H3,(H,19,20)/b17-12+. The second kappa shape index (κ2) is 8.63. The van der Waals surface area contributed by atoms with Crippen LogP contribution in [0.15, 0.2) is 30.3 Å². The van der Waals surface area contributed by atoms with Crippen LogP contribution in [0.2, 0.25) is 0 Å². The highest BCUT2D eigenvalue weighted by Gasteiger charge is 2.09. The molecule has 3 nitrogen and oxygen atoms in total. The van der Waals surface area contributed by atoms with E-state index in [2.05, 4.69) is 57.3 Å². The average Bonchev–Trinajstić information content (AvgIpc) is 2.45. The Kier molecular flexibility index (Phi) is 7.17. The van der Waals surface area contributed by atoms with Crippen molar-refractivity contribution in [2.24, 2.45) is 5.92 Å². The van der Waals surface area contributed by atoms with Gasteiger partial charge in [-0.1, -0.05) is 52.0 Å². The van der Waals surface area contributed by atoms with E-state index in [1.54, 1.807) is 13.2 Å². The highest BCUT2D eigenvalue weighted by molar-refractivity contribution is 5.95. The molecular weight excluding hydrogens is 262 g/mol. The summed E-state index contributed by atoms with van der Waals surface area (Å²) in [6, 6.07) is 8.48. The minimum Gasteiger partial charge on any atom is -0.383 e. The van der Waals surface area contributed by atoms with Crippen molar-refractivity contribution in [2.75, 3.05) is 20.3 Å². The molecule has 0 unspecified atom stereocenters. The lowest BCUT2D eigenvalue weighted by Crippen LogP contribution is -2.25. The van der Waals surface area contributed by atoms with Crippen LogP contribution in [-0.4, -0.2) is 26.2 Å². The minimum atomic E-state index is -0.0660. The van der Waals surface area contributed by atoms with Gasteiger partial charge in [0.2, 0.25) is 5.91 Å². The third kappa shape index (κ3) is 5.72. The monoisotopic (exact) mass is 289 g/mol. The van der Waals surface area contributed by atoms with Crippen molar-refractivity contribution in [3.8, 4) is 0 Å². The van der Waals surface area contributed by atoms with Crippen molar-refractivity contribution >= 4 is 11.5 Å². The van der Waals surface area contributed by atoms with E-state index in [0.717, 1.165) is 11.1 Å². The number of carbonyl (C=O) groups excluding carboxylic acids is 1. The second-order valence-corrected chi connectivity index (χ2v) is 5.81. The maximum atomic E-state index is 11.9. The second-order valence-electron chi connectivity index (χ2n) is 5.81. The first-order valence-electron chi connectivity index (χ1n) is 7.54. The van der Waals surface area contributed by atoms with Crippen molar-refractivity contribution in [1.82, 2.24) is 5.32 Å². The van der Waals surface area contributed by atoms with Crippen molar-refractivity contribution in [3.63, 3.8) is 0 Å². The first-order valence-corrected chi connectivity index (χ1v) is 7.54. The van der Waals surface area contributed by atoms with Gasteiger partial charge in [-0.15, -0.1) is 0 Å². The molecular formula is C18H27NO2. The Morgan fingerprint density at radius 2 is 1.81 bits per heavy atom. The molecule has 0 saturated heterocycles. The Labute approximate surface area is 128 Å². The first-order chi connectivity index (χ1) is 9.95. The van der Waals surface area contributed by atoms with Gasteiger partial charge in [0.25, 0.3) is 0 Å². The van der Waals surface area contributed by atoms with Gasteiger partial charge < -0.3 is 10.1 Å². The quantitative estimate of drug-likeness (QED) is 0.615. The number of nitrogens with one attached hydrogen (secondary N) is 1. The van der Waals surface area contributed by atoms with Gasteiger partial charge in [-0.05, 0) is 28.5 Å². The summed E-state index contributed by atoms with van der Waals surface area (Å²) in [5.74, 6) is 0.745. The number of hydrogen-bond donors (Lipinski definition) is 1. The molecule has 1 amide bonds. The van der Waals surface area contributed by atoms with Crippen molar-refractivity contribution in [3.05, 3.63) is 41.5 Å². The van der Waals surface area contributed by atoms with E-state index in [1.807, 2.05) is 0 Å². The molecule has 0 heterocycles. The Hall–Kier alpha value is -1.61. The summed E-state index contributed by atoms with van der Waals surface area (Å²) in [5, 5.41) is 2.83. The van der Waals surface area contributed by atoms with Gasteiger partial charge in [-0.3, -0.25) is 4.79 Å². The third-order valence-electron chi connectivity index (χ3n) is 3.42. The van der Waals surface area contributed by atoms with E-state index in [1.165, 1.54) is 5.56 Å². The van der Waals surface area contributed by atoms with Crippen LogP contribution >= 0.6 is 0 Å². The Bertz CT molecular complexity index is 472. The number of benzene rings is 1. The van der Waals surface area contributed by atoms with Crippen LogP contribution in [0.25, 0.3) is 5.57 Å². The van der Waals surface area contributed by atoms with E-state index < -0.39 is 0 Å². The van der Waals surface area contributed by atoms with E-state index in [9.17, 15) is 4.79 Å². The zero-order valence-corrected chi connectivity index (χ0v) is 13.8. The Morgan fingerprint density at radius 1 is 1.19 bits per heavy atom. The molecule has 0 radical (unpaired) electrons. The topological polar surface area (TPSA) is 38.3 Å². The van der Waals surface area contributed by atoms with Gasteiger partial charge in [-0.25, -0.2) is 0 Å². The fraction of sp³-hybridized carbons (Fsp3) is 0.500.